The SMILES string of the molecule is CC(C)(C)[C@H](O)[C@@]1(n2cncn2)Oc2ccc(Br)cc2[C@H]1O. The quantitative estimate of drug-likeness (QED) is 0.850. The molecule has 0 radical (unpaired) electrons. The molecule has 3 rings (SSSR count). The lowest BCUT2D eigenvalue weighted by molar-refractivity contribution is -0.202. The molecule has 1 aromatic carbocycles. The average Bonchev–Trinajstić information content (AvgIpc) is 3.05. The van der Waals surface area contributed by atoms with E-state index in [1.54, 1.807) is 12.1 Å². The van der Waals surface area contributed by atoms with Gasteiger partial charge in [0.15, 0.2) is 0 Å². The van der Waals surface area contributed by atoms with E-state index >= 15 is 0 Å². The Balaban J connectivity index is 2.18. The van der Waals surface area contributed by atoms with Crippen molar-refractivity contribution >= 4 is 15.9 Å². The van der Waals surface area contributed by atoms with Gasteiger partial charge in [-0.25, -0.2) is 9.67 Å². The molecule has 0 aliphatic carbocycles. The first-order chi connectivity index (χ1) is 10.3. The molecule has 0 amide bonds. The van der Waals surface area contributed by atoms with Gasteiger partial charge in [-0.1, -0.05) is 36.7 Å². The van der Waals surface area contributed by atoms with Crippen LogP contribution in [-0.4, -0.2) is 31.1 Å². The predicted molar refractivity (Wildman–Crippen MR) is 83.2 cm³/mol. The summed E-state index contributed by atoms with van der Waals surface area (Å²) in [6.07, 6.45) is 0.712. The fourth-order valence-corrected chi connectivity index (χ4v) is 3.17. The lowest BCUT2D eigenvalue weighted by Gasteiger charge is -2.41. The van der Waals surface area contributed by atoms with Gasteiger partial charge in [0, 0.05) is 10.0 Å². The molecule has 2 heterocycles. The number of aromatic nitrogens is 3. The third kappa shape index (κ3) is 2.15. The fraction of sp³-hybridized carbons (Fsp3) is 0.467. The molecule has 0 fully saturated rings. The van der Waals surface area contributed by atoms with E-state index in [1.165, 1.54) is 17.3 Å². The Morgan fingerprint density at radius 2 is 2.14 bits per heavy atom. The van der Waals surface area contributed by atoms with E-state index in [-0.39, 0.29) is 0 Å². The van der Waals surface area contributed by atoms with Gasteiger partial charge < -0.3 is 14.9 Å². The minimum atomic E-state index is -1.45. The van der Waals surface area contributed by atoms with E-state index in [1.807, 2.05) is 26.8 Å². The molecule has 2 N–H and O–H groups in total. The van der Waals surface area contributed by atoms with Crippen LogP contribution in [0.4, 0.5) is 0 Å². The summed E-state index contributed by atoms with van der Waals surface area (Å²) in [6.45, 7) is 5.64. The fourth-order valence-electron chi connectivity index (χ4n) is 2.79. The normalized spacial score (nSPS) is 25.6. The van der Waals surface area contributed by atoms with Crippen molar-refractivity contribution in [2.24, 2.45) is 5.41 Å². The third-order valence-corrected chi connectivity index (χ3v) is 4.41. The molecule has 1 aliphatic heterocycles. The molecule has 6 nitrogen and oxygen atoms in total. The second kappa shape index (κ2) is 5.04. The summed E-state index contributed by atoms with van der Waals surface area (Å²) in [5, 5.41) is 26.0. The van der Waals surface area contributed by atoms with Crippen molar-refractivity contribution in [3.63, 3.8) is 0 Å². The second-order valence-corrected chi connectivity index (χ2v) is 7.46. The van der Waals surface area contributed by atoms with Crippen LogP contribution in [0.1, 0.15) is 32.4 Å². The maximum absolute atomic E-state index is 10.9. The van der Waals surface area contributed by atoms with Crippen LogP contribution >= 0.6 is 15.9 Å². The van der Waals surface area contributed by atoms with Crippen LogP contribution in [-0.2, 0) is 5.72 Å². The van der Waals surface area contributed by atoms with Gasteiger partial charge in [-0.05, 0) is 23.6 Å². The first kappa shape index (κ1) is 15.5. The van der Waals surface area contributed by atoms with Crippen molar-refractivity contribution in [2.75, 3.05) is 0 Å². The van der Waals surface area contributed by atoms with E-state index in [0.717, 1.165) is 4.47 Å². The summed E-state index contributed by atoms with van der Waals surface area (Å²) < 4.78 is 8.25. The number of rotatable bonds is 2. The summed E-state index contributed by atoms with van der Waals surface area (Å²) in [6, 6.07) is 5.37. The van der Waals surface area contributed by atoms with E-state index in [4.69, 9.17) is 4.74 Å². The molecule has 1 aromatic heterocycles. The smallest absolute Gasteiger partial charge is 0.259 e. The summed E-state index contributed by atoms with van der Waals surface area (Å²) in [7, 11) is 0. The second-order valence-electron chi connectivity index (χ2n) is 6.55. The van der Waals surface area contributed by atoms with E-state index in [9.17, 15) is 10.2 Å². The maximum atomic E-state index is 10.9. The molecular formula is C15H18BrN3O3. The van der Waals surface area contributed by atoms with Gasteiger partial charge in [-0.15, -0.1) is 0 Å². The zero-order chi connectivity index (χ0) is 16.1. The highest BCUT2D eigenvalue weighted by atomic mass is 79.9. The number of benzene rings is 1. The maximum Gasteiger partial charge on any atom is 0.259 e. The van der Waals surface area contributed by atoms with Gasteiger partial charge in [0.25, 0.3) is 5.72 Å². The minimum Gasteiger partial charge on any atom is -0.460 e. The predicted octanol–water partition coefficient (Wildman–Crippen LogP) is 2.23. The number of hydrogen-bond donors (Lipinski definition) is 2. The third-order valence-electron chi connectivity index (χ3n) is 3.92. The summed E-state index contributed by atoms with van der Waals surface area (Å²) >= 11 is 3.39. The first-order valence-electron chi connectivity index (χ1n) is 6.96. The van der Waals surface area contributed by atoms with Gasteiger partial charge in [0.1, 0.15) is 30.6 Å². The molecular weight excluding hydrogens is 350 g/mol. The van der Waals surface area contributed by atoms with Crippen LogP contribution in [0.2, 0.25) is 0 Å². The molecule has 1 aliphatic rings. The Kier molecular flexibility index (Phi) is 3.54. The number of nitrogens with zero attached hydrogens (tertiary/aromatic N) is 3. The number of aliphatic hydroxyl groups is 2. The van der Waals surface area contributed by atoms with Crippen LogP contribution in [0.3, 0.4) is 0 Å². The van der Waals surface area contributed by atoms with Gasteiger partial charge in [-0.3, -0.25) is 0 Å². The lowest BCUT2D eigenvalue weighted by atomic mass is 9.80. The minimum absolute atomic E-state index is 0.523. The van der Waals surface area contributed by atoms with E-state index in [0.29, 0.717) is 11.3 Å². The monoisotopic (exact) mass is 367 g/mol. The molecule has 118 valence electrons. The van der Waals surface area contributed by atoms with Crippen molar-refractivity contribution in [1.29, 1.82) is 0 Å². The van der Waals surface area contributed by atoms with Crippen molar-refractivity contribution < 1.29 is 14.9 Å². The summed E-state index contributed by atoms with van der Waals surface area (Å²) in [5.74, 6) is 0.523. The summed E-state index contributed by atoms with van der Waals surface area (Å²) in [4.78, 5) is 3.93. The largest absolute Gasteiger partial charge is 0.460 e. The Morgan fingerprint density at radius 3 is 2.73 bits per heavy atom. The van der Waals surface area contributed by atoms with Crippen LogP contribution in [0, 0.1) is 5.41 Å². The number of fused-ring (bicyclic) bond motifs is 1. The standard InChI is InChI=1S/C15H18BrN3O3/c1-14(2,3)13(21)15(19-8-17-7-18-19)12(20)10-6-9(16)4-5-11(10)22-15/h4-8,12-13,20-21H,1-3H3/t12-,13+,15+/m1/s1. The molecule has 0 bridgehead atoms. The van der Waals surface area contributed by atoms with Gasteiger partial charge in [0.05, 0.1) is 0 Å². The van der Waals surface area contributed by atoms with E-state index < -0.39 is 23.3 Å². The highest BCUT2D eigenvalue weighted by molar-refractivity contribution is 9.10. The molecule has 3 atom stereocenters. The van der Waals surface area contributed by atoms with Crippen LogP contribution < -0.4 is 4.74 Å². The zero-order valence-electron chi connectivity index (χ0n) is 12.6. The number of halogens is 1. The Hall–Kier alpha value is -1.44. The van der Waals surface area contributed by atoms with Crippen molar-refractivity contribution in [2.45, 2.75) is 38.7 Å². The summed E-state index contributed by atoms with van der Waals surface area (Å²) in [5.41, 5.74) is -1.38. The van der Waals surface area contributed by atoms with Gasteiger partial charge in [0.2, 0.25) is 0 Å². The van der Waals surface area contributed by atoms with E-state index in [2.05, 4.69) is 26.0 Å². The Morgan fingerprint density at radius 1 is 1.41 bits per heavy atom. The van der Waals surface area contributed by atoms with Crippen LogP contribution in [0.25, 0.3) is 0 Å². The van der Waals surface area contributed by atoms with Crippen molar-refractivity contribution in [3.05, 3.63) is 40.9 Å². The Labute approximate surface area is 136 Å². The van der Waals surface area contributed by atoms with Crippen LogP contribution in [0.5, 0.6) is 5.75 Å². The highest BCUT2D eigenvalue weighted by Crippen LogP contribution is 2.51. The highest BCUT2D eigenvalue weighted by Gasteiger charge is 2.58. The molecule has 0 saturated carbocycles. The molecule has 2 aromatic rings. The zero-order valence-corrected chi connectivity index (χ0v) is 14.1. The van der Waals surface area contributed by atoms with Crippen molar-refractivity contribution in [1.82, 2.24) is 14.8 Å². The van der Waals surface area contributed by atoms with Gasteiger partial charge in [-0.2, -0.15) is 5.10 Å². The van der Waals surface area contributed by atoms with Crippen molar-refractivity contribution in [3.8, 4) is 5.75 Å². The lowest BCUT2D eigenvalue weighted by Crippen LogP contribution is -2.56. The van der Waals surface area contributed by atoms with Crippen LogP contribution in [0.15, 0.2) is 35.3 Å². The first-order valence-corrected chi connectivity index (χ1v) is 7.76. The number of ether oxygens (including phenoxy) is 1. The molecule has 7 heteroatoms. The number of aliphatic hydroxyl groups excluding tert-OH is 2. The topological polar surface area (TPSA) is 80.4 Å². The average molecular weight is 368 g/mol. The number of hydrogen-bond acceptors (Lipinski definition) is 5. The van der Waals surface area contributed by atoms with Gasteiger partial charge >= 0.3 is 0 Å². The molecule has 22 heavy (non-hydrogen) atoms. The molecule has 0 spiro atoms. The molecule has 0 unspecified atom stereocenters. The Bertz CT molecular complexity index is 684. The molecule has 0 saturated heterocycles.